The van der Waals surface area contributed by atoms with Crippen LogP contribution < -0.4 is 10.1 Å². The molecule has 5 heteroatoms. The van der Waals surface area contributed by atoms with Gasteiger partial charge in [-0.1, -0.05) is 60.7 Å². The van der Waals surface area contributed by atoms with Gasteiger partial charge < -0.3 is 15.0 Å². The van der Waals surface area contributed by atoms with Crippen LogP contribution in [0.5, 0.6) is 11.5 Å². The average molecular weight is 426 g/mol. The largest absolute Gasteiger partial charge is 0.456 e. The van der Waals surface area contributed by atoms with Crippen LogP contribution in [0.3, 0.4) is 0 Å². The number of hydrogen-bond acceptors (Lipinski definition) is 4. The molecule has 32 heavy (non-hydrogen) atoms. The van der Waals surface area contributed by atoms with Gasteiger partial charge in [0.1, 0.15) is 17.6 Å². The fraction of sp³-hybridized carbons (Fsp3) is 0.259. The fourth-order valence-corrected chi connectivity index (χ4v) is 4.12. The van der Waals surface area contributed by atoms with E-state index in [1.807, 2.05) is 59.5 Å². The number of ether oxygens (including phenoxy) is 1. The van der Waals surface area contributed by atoms with Crippen molar-refractivity contribution < 1.29 is 9.53 Å². The first-order chi connectivity index (χ1) is 15.7. The standard InChI is InChI=1S/C27H27N3O2/c28-19-23-11-5-7-13-26(23)32-25-12-6-4-10-22(25)14-15-27(31)30-17-16-29-20-24(30)18-21-8-2-1-3-9-21/h1-13,24,29H,14-18,20H2. The summed E-state index contributed by atoms with van der Waals surface area (Å²) in [6.07, 6.45) is 1.86. The Labute approximate surface area is 189 Å². The first kappa shape index (κ1) is 21.6. The SMILES string of the molecule is N#Cc1ccccc1Oc1ccccc1CCC(=O)N1CCNCC1Cc1ccccc1. The second-order valence-corrected chi connectivity index (χ2v) is 7.95. The van der Waals surface area contributed by atoms with E-state index >= 15 is 0 Å². The Morgan fingerprint density at radius 1 is 1.00 bits per heavy atom. The van der Waals surface area contributed by atoms with E-state index in [-0.39, 0.29) is 11.9 Å². The summed E-state index contributed by atoms with van der Waals surface area (Å²) < 4.78 is 6.05. The van der Waals surface area contributed by atoms with Gasteiger partial charge in [0.05, 0.1) is 5.56 Å². The summed E-state index contributed by atoms with van der Waals surface area (Å²) in [5.41, 5.74) is 2.69. The lowest BCUT2D eigenvalue weighted by atomic mass is 10.0. The number of aryl methyl sites for hydroxylation is 1. The van der Waals surface area contributed by atoms with E-state index in [0.717, 1.165) is 31.6 Å². The van der Waals surface area contributed by atoms with Crippen molar-refractivity contribution in [3.05, 3.63) is 95.6 Å². The molecular formula is C27H27N3O2. The van der Waals surface area contributed by atoms with E-state index in [0.29, 0.717) is 29.9 Å². The Kier molecular flexibility index (Phi) is 7.16. The van der Waals surface area contributed by atoms with Crippen molar-refractivity contribution in [2.24, 2.45) is 0 Å². The van der Waals surface area contributed by atoms with E-state index in [1.54, 1.807) is 12.1 Å². The first-order valence-electron chi connectivity index (χ1n) is 11.0. The number of para-hydroxylation sites is 2. The van der Waals surface area contributed by atoms with Crippen molar-refractivity contribution in [1.29, 1.82) is 5.26 Å². The van der Waals surface area contributed by atoms with Gasteiger partial charge in [-0.2, -0.15) is 5.26 Å². The van der Waals surface area contributed by atoms with Crippen LogP contribution in [-0.4, -0.2) is 36.5 Å². The molecule has 3 aromatic rings. The molecule has 1 heterocycles. The fourth-order valence-electron chi connectivity index (χ4n) is 4.12. The number of amides is 1. The van der Waals surface area contributed by atoms with Gasteiger partial charge in [0.15, 0.2) is 0 Å². The molecular weight excluding hydrogens is 398 g/mol. The Hall–Kier alpha value is -3.62. The van der Waals surface area contributed by atoms with Gasteiger partial charge >= 0.3 is 0 Å². The van der Waals surface area contributed by atoms with Gasteiger partial charge in [0, 0.05) is 32.1 Å². The smallest absolute Gasteiger partial charge is 0.223 e. The quantitative estimate of drug-likeness (QED) is 0.612. The van der Waals surface area contributed by atoms with Crippen LogP contribution in [0, 0.1) is 11.3 Å². The number of carbonyl (C=O) groups excluding carboxylic acids is 1. The van der Waals surface area contributed by atoms with Crippen LogP contribution >= 0.6 is 0 Å². The molecule has 0 aromatic heterocycles. The Morgan fingerprint density at radius 3 is 2.53 bits per heavy atom. The molecule has 0 spiro atoms. The lowest BCUT2D eigenvalue weighted by molar-refractivity contribution is -0.134. The van der Waals surface area contributed by atoms with E-state index < -0.39 is 0 Å². The molecule has 5 nitrogen and oxygen atoms in total. The summed E-state index contributed by atoms with van der Waals surface area (Å²) >= 11 is 0. The zero-order chi connectivity index (χ0) is 22.2. The highest BCUT2D eigenvalue weighted by Gasteiger charge is 2.26. The topological polar surface area (TPSA) is 65.4 Å². The summed E-state index contributed by atoms with van der Waals surface area (Å²) in [6.45, 7) is 2.36. The highest BCUT2D eigenvalue weighted by atomic mass is 16.5. The molecule has 1 fully saturated rings. The minimum atomic E-state index is 0.160. The molecule has 1 atom stereocenters. The maximum Gasteiger partial charge on any atom is 0.223 e. The summed E-state index contributed by atoms with van der Waals surface area (Å²) in [6, 6.07) is 27.6. The van der Waals surface area contributed by atoms with Gasteiger partial charge in [-0.15, -0.1) is 0 Å². The molecule has 4 rings (SSSR count). The molecule has 0 radical (unpaired) electrons. The zero-order valence-electron chi connectivity index (χ0n) is 18.0. The maximum absolute atomic E-state index is 13.2. The lowest BCUT2D eigenvalue weighted by Crippen LogP contribution is -2.54. The number of nitriles is 1. The lowest BCUT2D eigenvalue weighted by Gasteiger charge is -2.36. The van der Waals surface area contributed by atoms with Crippen LogP contribution in [0.25, 0.3) is 0 Å². The minimum absolute atomic E-state index is 0.160. The predicted molar refractivity (Wildman–Crippen MR) is 125 cm³/mol. The van der Waals surface area contributed by atoms with Crippen LogP contribution in [0.2, 0.25) is 0 Å². The second-order valence-electron chi connectivity index (χ2n) is 7.95. The van der Waals surface area contributed by atoms with E-state index in [4.69, 9.17) is 4.74 Å². The average Bonchev–Trinajstić information content (AvgIpc) is 2.84. The number of benzene rings is 3. The van der Waals surface area contributed by atoms with Crippen molar-refractivity contribution >= 4 is 5.91 Å². The zero-order valence-corrected chi connectivity index (χ0v) is 18.0. The molecule has 0 aliphatic carbocycles. The first-order valence-corrected chi connectivity index (χ1v) is 11.0. The molecule has 1 unspecified atom stereocenters. The third kappa shape index (κ3) is 5.35. The van der Waals surface area contributed by atoms with Gasteiger partial charge in [-0.05, 0) is 42.2 Å². The maximum atomic E-state index is 13.2. The number of piperazine rings is 1. The molecule has 1 N–H and O–H groups in total. The van der Waals surface area contributed by atoms with Crippen molar-refractivity contribution in [2.75, 3.05) is 19.6 Å². The Balaban J connectivity index is 1.43. The highest BCUT2D eigenvalue weighted by Crippen LogP contribution is 2.28. The van der Waals surface area contributed by atoms with Gasteiger partial charge in [0.2, 0.25) is 5.91 Å². The molecule has 1 saturated heterocycles. The molecule has 1 aliphatic rings. The molecule has 1 aliphatic heterocycles. The summed E-state index contributed by atoms with van der Waals surface area (Å²) in [4.78, 5) is 15.2. The molecule has 0 saturated carbocycles. The van der Waals surface area contributed by atoms with Gasteiger partial charge in [0.25, 0.3) is 0 Å². The van der Waals surface area contributed by atoms with Crippen molar-refractivity contribution in [1.82, 2.24) is 10.2 Å². The molecule has 1 amide bonds. The van der Waals surface area contributed by atoms with Gasteiger partial charge in [-0.3, -0.25) is 4.79 Å². The molecule has 0 bridgehead atoms. The third-order valence-corrected chi connectivity index (χ3v) is 5.79. The number of nitrogens with zero attached hydrogens (tertiary/aromatic N) is 2. The van der Waals surface area contributed by atoms with Crippen LogP contribution in [0.15, 0.2) is 78.9 Å². The summed E-state index contributed by atoms with van der Waals surface area (Å²) in [5, 5.41) is 12.8. The number of nitrogens with one attached hydrogen (secondary N) is 1. The number of hydrogen-bond donors (Lipinski definition) is 1. The van der Waals surface area contributed by atoms with E-state index in [9.17, 15) is 10.1 Å². The minimum Gasteiger partial charge on any atom is -0.456 e. The van der Waals surface area contributed by atoms with E-state index in [2.05, 4.69) is 23.5 Å². The molecule has 162 valence electrons. The highest BCUT2D eigenvalue weighted by molar-refractivity contribution is 5.77. The monoisotopic (exact) mass is 425 g/mol. The molecule has 3 aromatic carbocycles. The van der Waals surface area contributed by atoms with Gasteiger partial charge in [-0.25, -0.2) is 0 Å². The van der Waals surface area contributed by atoms with Crippen molar-refractivity contribution in [3.63, 3.8) is 0 Å². The summed E-state index contributed by atoms with van der Waals surface area (Å²) in [5.74, 6) is 1.38. The normalized spacial score (nSPS) is 15.7. The third-order valence-electron chi connectivity index (χ3n) is 5.79. The second kappa shape index (κ2) is 10.6. The van der Waals surface area contributed by atoms with Crippen LogP contribution in [0.4, 0.5) is 0 Å². The van der Waals surface area contributed by atoms with E-state index in [1.165, 1.54) is 5.56 Å². The van der Waals surface area contributed by atoms with Crippen LogP contribution in [-0.2, 0) is 17.6 Å². The predicted octanol–water partition coefficient (Wildman–Crippen LogP) is 4.33. The van der Waals surface area contributed by atoms with Crippen molar-refractivity contribution in [3.8, 4) is 17.6 Å². The summed E-state index contributed by atoms with van der Waals surface area (Å²) in [7, 11) is 0. The van der Waals surface area contributed by atoms with Crippen LogP contribution in [0.1, 0.15) is 23.1 Å². The Morgan fingerprint density at radius 2 is 1.72 bits per heavy atom. The number of rotatable bonds is 7. The van der Waals surface area contributed by atoms with Crippen molar-refractivity contribution in [2.45, 2.75) is 25.3 Å². The Bertz CT molecular complexity index is 1090. The number of carbonyl (C=O) groups is 1.